The van der Waals surface area contributed by atoms with E-state index in [0.717, 1.165) is 0 Å². The second kappa shape index (κ2) is 5.63. The number of methoxy groups -OCH3 is 1. The van der Waals surface area contributed by atoms with Gasteiger partial charge < -0.3 is 15.8 Å². The first-order valence-corrected chi connectivity index (χ1v) is 5.98. The number of carbonyl (C=O) groups excluding carboxylic acids is 1. The van der Waals surface area contributed by atoms with E-state index in [1.807, 2.05) is 0 Å². The summed E-state index contributed by atoms with van der Waals surface area (Å²) < 4.78 is 5.05. The van der Waals surface area contributed by atoms with Gasteiger partial charge in [0, 0.05) is 16.7 Å². The largest absolute Gasteiger partial charge is 0.497 e. The molecule has 0 aliphatic carbocycles. The van der Waals surface area contributed by atoms with Crippen LogP contribution in [0.3, 0.4) is 0 Å². The number of hydrogen-bond donors (Lipinski definition) is 2. The van der Waals surface area contributed by atoms with E-state index in [1.165, 1.54) is 0 Å². The Morgan fingerprint density at radius 2 is 2.05 bits per heavy atom. The van der Waals surface area contributed by atoms with E-state index in [2.05, 4.69) is 5.32 Å². The van der Waals surface area contributed by atoms with Crippen LogP contribution in [0.5, 0.6) is 5.75 Å². The molecule has 0 bridgehead atoms. The molecule has 2 rings (SSSR count). The molecule has 0 saturated carbocycles. The monoisotopic (exact) mass is 276 g/mol. The Balaban J connectivity index is 2.19. The van der Waals surface area contributed by atoms with Gasteiger partial charge in [-0.2, -0.15) is 0 Å². The number of halogens is 1. The van der Waals surface area contributed by atoms with Gasteiger partial charge >= 0.3 is 0 Å². The van der Waals surface area contributed by atoms with Crippen molar-refractivity contribution in [2.45, 2.75) is 0 Å². The van der Waals surface area contributed by atoms with E-state index in [4.69, 9.17) is 22.1 Å². The summed E-state index contributed by atoms with van der Waals surface area (Å²) in [6.45, 7) is 0. The summed E-state index contributed by atoms with van der Waals surface area (Å²) in [5.41, 5.74) is 7.28. The summed E-state index contributed by atoms with van der Waals surface area (Å²) in [6, 6.07) is 11.8. The minimum Gasteiger partial charge on any atom is -0.497 e. The van der Waals surface area contributed by atoms with Crippen LogP contribution in [0.4, 0.5) is 11.4 Å². The molecule has 0 aliphatic rings. The normalized spacial score (nSPS) is 10.0. The number of nitrogens with one attached hydrogen (secondary N) is 1. The molecule has 0 radical (unpaired) electrons. The number of nitrogens with two attached hydrogens (primary N) is 1. The minimum atomic E-state index is -0.264. The SMILES string of the molecule is COc1ccc(NC(=O)c2cccc(Cl)c2)c(N)c1. The Bertz CT molecular complexity index is 614. The average molecular weight is 277 g/mol. The minimum absolute atomic E-state index is 0.264. The highest BCUT2D eigenvalue weighted by molar-refractivity contribution is 6.31. The fourth-order valence-corrected chi connectivity index (χ4v) is 1.80. The lowest BCUT2D eigenvalue weighted by molar-refractivity contribution is 0.102. The number of benzene rings is 2. The van der Waals surface area contributed by atoms with Crippen LogP contribution < -0.4 is 15.8 Å². The zero-order chi connectivity index (χ0) is 13.8. The maximum atomic E-state index is 12.0. The van der Waals surface area contributed by atoms with Crippen molar-refractivity contribution in [1.29, 1.82) is 0 Å². The second-order valence-corrected chi connectivity index (χ2v) is 4.35. The first-order valence-electron chi connectivity index (χ1n) is 5.60. The van der Waals surface area contributed by atoms with Crippen molar-refractivity contribution in [3.05, 3.63) is 53.1 Å². The number of nitrogen functional groups attached to an aromatic ring is 1. The van der Waals surface area contributed by atoms with Crippen molar-refractivity contribution in [1.82, 2.24) is 0 Å². The van der Waals surface area contributed by atoms with E-state index >= 15 is 0 Å². The van der Waals surface area contributed by atoms with Gasteiger partial charge in [-0.25, -0.2) is 0 Å². The third-order valence-electron chi connectivity index (χ3n) is 2.59. The van der Waals surface area contributed by atoms with Crippen LogP contribution in [0.25, 0.3) is 0 Å². The lowest BCUT2D eigenvalue weighted by Crippen LogP contribution is -2.13. The third-order valence-corrected chi connectivity index (χ3v) is 2.83. The summed E-state index contributed by atoms with van der Waals surface area (Å²) in [7, 11) is 1.55. The van der Waals surface area contributed by atoms with Gasteiger partial charge in [-0.05, 0) is 30.3 Å². The molecule has 4 nitrogen and oxygen atoms in total. The zero-order valence-corrected chi connectivity index (χ0v) is 11.1. The Morgan fingerprint density at radius 3 is 2.68 bits per heavy atom. The third kappa shape index (κ3) is 3.17. The van der Waals surface area contributed by atoms with Gasteiger partial charge in [-0.1, -0.05) is 17.7 Å². The smallest absolute Gasteiger partial charge is 0.255 e. The molecule has 98 valence electrons. The molecule has 0 unspecified atom stereocenters. The van der Waals surface area contributed by atoms with Crippen LogP contribution in [0.2, 0.25) is 5.02 Å². The molecule has 0 aliphatic heterocycles. The van der Waals surface area contributed by atoms with Crippen molar-refractivity contribution in [2.24, 2.45) is 0 Å². The van der Waals surface area contributed by atoms with Crippen molar-refractivity contribution in [3.8, 4) is 5.75 Å². The number of rotatable bonds is 3. The molecule has 1 amide bonds. The van der Waals surface area contributed by atoms with Crippen LogP contribution in [0, 0.1) is 0 Å². The first kappa shape index (κ1) is 13.2. The average Bonchev–Trinajstić information content (AvgIpc) is 2.41. The van der Waals surface area contributed by atoms with Gasteiger partial charge in [0.2, 0.25) is 0 Å². The van der Waals surface area contributed by atoms with Crippen LogP contribution in [0.1, 0.15) is 10.4 Å². The predicted octanol–water partition coefficient (Wildman–Crippen LogP) is 3.18. The van der Waals surface area contributed by atoms with Crippen molar-refractivity contribution in [3.63, 3.8) is 0 Å². The summed E-state index contributed by atoms with van der Waals surface area (Å²) >= 11 is 5.84. The molecule has 0 saturated heterocycles. The van der Waals surface area contributed by atoms with Gasteiger partial charge in [-0.3, -0.25) is 4.79 Å². The highest BCUT2D eigenvalue weighted by Gasteiger charge is 2.09. The Labute approximate surface area is 116 Å². The molecule has 0 spiro atoms. The number of amides is 1. The molecular weight excluding hydrogens is 264 g/mol. The summed E-state index contributed by atoms with van der Waals surface area (Å²) in [4.78, 5) is 12.0. The summed E-state index contributed by atoms with van der Waals surface area (Å²) in [5, 5.41) is 3.24. The molecule has 5 heteroatoms. The maximum absolute atomic E-state index is 12.0. The number of carbonyl (C=O) groups is 1. The van der Waals surface area contributed by atoms with Crippen LogP contribution in [-0.4, -0.2) is 13.0 Å². The highest BCUT2D eigenvalue weighted by atomic mass is 35.5. The number of hydrogen-bond acceptors (Lipinski definition) is 3. The summed E-state index contributed by atoms with van der Waals surface area (Å²) in [6.07, 6.45) is 0. The quantitative estimate of drug-likeness (QED) is 0.846. The first-order chi connectivity index (χ1) is 9.10. The van der Waals surface area contributed by atoms with Gasteiger partial charge in [-0.15, -0.1) is 0 Å². The fraction of sp³-hybridized carbons (Fsp3) is 0.0714. The Kier molecular flexibility index (Phi) is 3.92. The van der Waals surface area contributed by atoms with Crippen molar-refractivity contribution in [2.75, 3.05) is 18.2 Å². The molecule has 19 heavy (non-hydrogen) atoms. The van der Waals surface area contributed by atoms with E-state index in [1.54, 1.807) is 49.6 Å². The second-order valence-electron chi connectivity index (χ2n) is 3.92. The van der Waals surface area contributed by atoms with Crippen LogP contribution in [-0.2, 0) is 0 Å². The molecule has 0 fully saturated rings. The topological polar surface area (TPSA) is 64.3 Å². The number of anilines is 2. The van der Waals surface area contributed by atoms with Gasteiger partial charge in [0.1, 0.15) is 5.75 Å². The Hall–Kier alpha value is -2.20. The van der Waals surface area contributed by atoms with Gasteiger partial charge in [0.25, 0.3) is 5.91 Å². The lowest BCUT2D eigenvalue weighted by Gasteiger charge is -2.09. The number of ether oxygens (including phenoxy) is 1. The van der Waals surface area contributed by atoms with Gasteiger partial charge in [0.05, 0.1) is 18.5 Å². The summed E-state index contributed by atoms with van der Waals surface area (Å²) in [5.74, 6) is 0.373. The molecule has 0 aromatic heterocycles. The molecule has 3 N–H and O–H groups in total. The molecule has 2 aromatic carbocycles. The van der Waals surface area contributed by atoms with Gasteiger partial charge in [0.15, 0.2) is 0 Å². The van der Waals surface area contributed by atoms with Crippen LogP contribution >= 0.6 is 11.6 Å². The lowest BCUT2D eigenvalue weighted by atomic mass is 10.2. The van der Waals surface area contributed by atoms with E-state index in [0.29, 0.717) is 27.7 Å². The molecular formula is C14H13ClN2O2. The van der Waals surface area contributed by atoms with E-state index < -0.39 is 0 Å². The van der Waals surface area contributed by atoms with E-state index in [9.17, 15) is 4.79 Å². The maximum Gasteiger partial charge on any atom is 0.255 e. The zero-order valence-electron chi connectivity index (χ0n) is 10.3. The molecule has 0 heterocycles. The highest BCUT2D eigenvalue weighted by Crippen LogP contribution is 2.24. The Morgan fingerprint density at radius 1 is 1.26 bits per heavy atom. The van der Waals surface area contributed by atoms with Crippen LogP contribution in [0.15, 0.2) is 42.5 Å². The standard InChI is InChI=1S/C14H13ClN2O2/c1-19-11-5-6-13(12(16)8-11)17-14(18)9-3-2-4-10(15)7-9/h2-8H,16H2,1H3,(H,17,18). The van der Waals surface area contributed by atoms with E-state index in [-0.39, 0.29) is 5.91 Å². The predicted molar refractivity (Wildman–Crippen MR) is 76.8 cm³/mol. The molecule has 2 aromatic rings. The van der Waals surface area contributed by atoms with Crippen molar-refractivity contribution < 1.29 is 9.53 Å². The fourth-order valence-electron chi connectivity index (χ4n) is 1.61. The molecule has 0 atom stereocenters. The van der Waals surface area contributed by atoms with Crippen molar-refractivity contribution >= 4 is 28.9 Å².